The molecule has 104 valence electrons. The van der Waals surface area contributed by atoms with Crippen LogP contribution in [0.5, 0.6) is 5.75 Å². The molecule has 20 heavy (non-hydrogen) atoms. The average Bonchev–Trinajstić information content (AvgIpc) is 2.90. The van der Waals surface area contributed by atoms with Gasteiger partial charge in [-0.05, 0) is 67.3 Å². The molecule has 1 aliphatic rings. The van der Waals surface area contributed by atoms with Crippen LogP contribution in [0.3, 0.4) is 0 Å². The van der Waals surface area contributed by atoms with Crippen LogP contribution in [0, 0.1) is 13.8 Å². The largest absolute Gasteiger partial charge is 0.493 e. The van der Waals surface area contributed by atoms with Crippen molar-refractivity contribution in [3.8, 4) is 5.75 Å². The van der Waals surface area contributed by atoms with E-state index in [2.05, 4.69) is 62.5 Å². The third-order valence-electron chi connectivity index (χ3n) is 4.10. The van der Waals surface area contributed by atoms with E-state index in [1.807, 2.05) is 0 Å². The number of rotatable bonds is 3. The van der Waals surface area contributed by atoms with Crippen LogP contribution < -0.4 is 10.1 Å². The minimum Gasteiger partial charge on any atom is -0.493 e. The van der Waals surface area contributed by atoms with E-state index in [4.69, 9.17) is 4.74 Å². The van der Waals surface area contributed by atoms with Crippen LogP contribution in [-0.2, 0) is 6.42 Å². The van der Waals surface area contributed by atoms with Crippen molar-refractivity contribution in [2.45, 2.75) is 33.2 Å². The summed E-state index contributed by atoms with van der Waals surface area (Å²) >= 11 is 0. The summed E-state index contributed by atoms with van der Waals surface area (Å²) in [5, 5.41) is 3.58. The minimum atomic E-state index is 0.294. The molecule has 1 N–H and O–H groups in total. The van der Waals surface area contributed by atoms with Gasteiger partial charge in [-0.1, -0.05) is 12.1 Å². The number of hydrogen-bond acceptors (Lipinski definition) is 2. The van der Waals surface area contributed by atoms with Gasteiger partial charge in [0.2, 0.25) is 0 Å². The molecule has 3 rings (SSSR count). The molecule has 2 heteroatoms. The van der Waals surface area contributed by atoms with Crippen molar-refractivity contribution in [3.05, 3.63) is 58.7 Å². The number of fused-ring (bicyclic) bond motifs is 1. The Hall–Kier alpha value is -1.96. The van der Waals surface area contributed by atoms with Crippen molar-refractivity contribution >= 4 is 5.69 Å². The molecular formula is C18H21NO. The van der Waals surface area contributed by atoms with E-state index in [1.165, 1.54) is 27.9 Å². The third kappa shape index (κ3) is 2.51. The fourth-order valence-corrected chi connectivity index (χ4v) is 2.64. The Morgan fingerprint density at radius 2 is 1.90 bits per heavy atom. The van der Waals surface area contributed by atoms with Crippen LogP contribution in [0.1, 0.15) is 35.2 Å². The van der Waals surface area contributed by atoms with Gasteiger partial charge in [0.05, 0.1) is 6.61 Å². The summed E-state index contributed by atoms with van der Waals surface area (Å²) in [4.78, 5) is 0. The van der Waals surface area contributed by atoms with E-state index >= 15 is 0 Å². The number of nitrogens with one attached hydrogen (secondary N) is 1. The van der Waals surface area contributed by atoms with Crippen LogP contribution in [0.25, 0.3) is 0 Å². The van der Waals surface area contributed by atoms with Crippen LogP contribution in [0.15, 0.2) is 36.4 Å². The second kappa shape index (κ2) is 5.20. The van der Waals surface area contributed by atoms with E-state index in [-0.39, 0.29) is 0 Å². The molecule has 1 unspecified atom stereocenters. The zero-order valence-electron chi connectivity index (χ0n) is 12.4. The third-order valence-corrected chi connectivity index (χ3v) is 4.10. The molecule has 0 fully saturated rings. The quantitative estimate of drug-likeness (QED) is 0.889. The molecular weight excluding hydrogens is 246 g/mol. The van der Waals surface area contributed by atoms with Gasteiger partial charge in [-0.3, -0.25) is 0 Å². The molecule has 0 saturated heterocycles. The van der Waals surface area contributed by atoms with Gasteiger partial charge in [-0.2, -0.15) is 0 Å². The van der Waals surface area contributed by atoms with Gasteiger partial charge < -0.3 is 10.1 Å². The van der Waals surface area contributed by atoms with Crippen molar-refractivity contribution < 1.29 is 4.74 Å². The number of benzene rings is 2. The minimum absolute atomic E-state index is 0.294. The van der Waals surface area contributed by atoms with E-state index in [0.29, 0.717) is 6.04 Å². The van der Waals surface area contributed by atoms with Crippen molar-refractivity contribution in [2.75, 3.05) is 11.9 Å². The van der Waals surface area contributed by atoms with Gasteiger partial charge in [0.15, 0.2) is 0 Å². The fourth-order valence-electron chi connectivity index (χ4n) is 2.64. The number of anilines is 1. The standard InChI is InChI=1S/C18H21NO/c1-12-4-6-17(10-13(12)2)19-14(3)15-5-7-18-16(11-15)8-9-20-18/h4-7,10-11,14,19H,8-9H2,1-3H3. The molecule has 0 aliphatic carbocycles. The Balaban J connectivity index is 1.78. The zero-order valence-corrected chi connectivity index (χ0v) is 12.4. The van der Waals surface area contributed by atoms with Gasteiger partial charge in [-0.25, -0.2) is 0 Å². The summed E-state index contributed by atoms with van der Waals surface area (Å²) in [6.45, 7) is 7.31. The number of aryl methyl sites for hydroxylation is 2. The first-order valence-electron chi connectivity index (χ1n) is 7.23. The summed E-state index contributed by atoms with van der Waals surface area (Å²) in [5.74, 6) is 1.05. The van der Waals surface area contributed by atoms with E-state index < -0.39 is 0 Å². The predicted octanol–water partition coefficient (Wildman–Crippen LogP) is 4.41. The first kappa shape index (κ1) is 13.0. The molecule has 0 amide bonds. The van der Waals surface area contributed by atoms with Gasteiger partial charge in [-0.15, -0.1) is 0 Å². The molecule has 1 atom stereocenters. The Bertz CT molecular complexity index is 633. The highest BCUT2D eigenvalue weighted by atomic mass is 16.5. The molecule has 0 aromatic heterocycles. The van der Waals surface area contributed by atoms with Crippen molar-refractivity contribution in [3.63, 3.8) is 0 Å². The monoisotopic (exact) mass is 267 g/mol. The maximum absolute atomic E-state index is 5.56. The molecule has 1 heterocycles. The van der Waals surface area contributed by atoms with E-state index in [0.717, 1.165) is 18.8 Å². The van der Waals surface area contributed by atoms with Crippen molar-refractivity contribution in [2.24, 2.45) is 0 Å². The lowest BCUT2D eigenvalue weighted by molar-refractivity contribution is 0.357. The highest BCUT2D eigenvalue weighted by molar-refractivity contribution is 5.50. The zero-order chi connectivity index (χ0) is 14.1. The molecule has 1 aliphatic heterocycles. The molecule has 0 spiro atoms. The van der Waals surface area contributed by atoms with E-state index in [1.54, 1.807) is 0 Å². The average molecular weight is 267 g/mol. The summed E-state index contributed by atoms with van der Waals surface area (Å²) < 4.78 is 5.56. The molecule has 0 radical (unpaired) electrons. The Kier molecular flexibility index (Phi) is 3.39. The SMILES string of the molecule is Cc1ccc(NC(C)c2ccc3c(c2)CCO3)cc1C. The van der Waals surface area contributed by atoms with Gasteiger partial charge in [0.25, 0.3) is 0 Å². The Morgan fingerprint density at radius 1 is 1.05 bits per heavy atom. The smallest absolute Gasteiger partial charge is 0.122 e. The molecule has 0 saturated carbocycles. The lowest BCUT2D eigenvalue weighted by Gasteiger charge is -2.17. The Morgan fingerprint density at radius 3 is 2.70 bits per heavy atom. The normalized spacial score (nSPS) is 14.6. The Labute approximate surface area is 120 Å². The van der Waals surface area contributed by atoms with Crippen molar-refractivity contribution in [1.82, 2.24) is 0 Å². The highest BCUT2D eigenvalue weighted by Crippen LogP contribution is 2.29. The first-order chi connectivity index (χ1) is 9.63. The maximum Gasteiger partial charge on any atom is 0.122 e. The number of hydrogen-bond donors (Lipinski definition) is 1. The highest BCUT2D eigenvalue weighted by Gasteiger charge is 2.14. The van der Waals surface area contributed by atoms with E-state index in [9.17, 15) is 0 Å². The maximum atomic E-state index is 5.56. The summed E-state index contributed by atoms with van der Waals surface area (Å²) in [7, 11) is 0. The topological polar surface area (TPSA) is 21.3 Å². The van der Waals surface area contributed by atoms with Crippen LogP contribution in [0.2, 0.25) is 0 Å². The first-order valence-corrected chi connectivity index (χ1v) is 7.23. The summed E-state index contributed by atoms with van der Waals surface area (Å²) in [5.41, 5.74) is 6.48. The van der Waals surface area contributed by atoms with Crippen LogP contribution in [0.4, 0.5) is 5.69 Å². The number of ether oxygens (including phenoxy) is 1. The molecule has 2 aromatic rings. The van der Waals surface area contributed by atoms with Gasteiger partial charge in [0, 0.05) is 18.2 Å². The molecule has 2 nitrogen and oxygen atoms in total. The summed E-state index contributed by atoms with van der Waals surface area (Å²) in [6, 6.07) is 13.3. The summed E-state index contributed by atoms with van der Waals surface area (Å²) in [6.07, 6.45) is 1.03. The predicted molar refractivity (Wildman–Crippen MR) is 83.6 cm³/mol. The lowest BCUT2D eigenvalue weighted by atomic mass is 10.0. The van der Waals surface area contributed by atoms with Crippen LogP contribution >= 0.6 is 0 Å². The molecule has 2 aromatic carbocycles. The lowest BCUT2D eigenvalue weighted by Crippen LogP contribution is -2.07. The van der Waals surface area contributed by atoms with Gasteiger partial charge in [0.1, 0.15) is 5.75 Å². The fraction of sp³-hybridized carbons (Fsp3) is 0.333. The second-order valence-corrected chi connectivity index (χ2v) is 5.63. The van der Waals surface area contributed by atoms with Crippen molar-refractivity contribution in [1.29, 1.82) is 0 Å². The molecule has 0 bridgehead atoms. The van der Waals surface area contributed by atoms with Gasteiger partial charge >= 0.3 is 0 Å². The second-order valence-electron chi connectivity index (χ2n) is 5.63. The van der Waals surface area contributed by atoms with Crippen LogP contribution in [-0.4, -0.2) is 6.61 Å².